The van der Waals surface area contributed by atoms with Crippen LogP contribution < -0.4 is 30.4 Å². The number of hydrogen-bond donors (Lipinski definition) is 0. The number of rotatable bonds is 6. The van der Waals surface area contributed by atoms with Crippen LogP contribution in [0.4, 0.5) is 11.5 Å². The number of hydrogen-bond acceptors (Lipinski definition) is 10. The molecule has 3 aliphatic heterocycles. The van der Waals surface area contributed by atoms with Gasteiger partial charge in [-0.1, -0.05) is 54.3 Å². The van der Waals surface area contributed by atoms with Crippen LogP contribution in [0, 0.1) is 13.8 Å². The summed E-state index contributed by atoms with van der Waals surface area (Å²) >= 11 is 6.77. The molecule has 0 N–H and O–H groups in total. The number of para-hydroxylation sites is 1. The van der Waals surface area contributed by atoms with Gasteiger partial charge in [0.25, 0.3) is 17.0 Å². The summed E-state index contributed by atoms with van der Waals surface area (Å²) in [5.41, 5.74) is 3.63. The van der Waals surface area contributed by atoms with Crippen molar-refractivity contribution in [3.8, 4) is 17.2 Å². The molecule has 2 aromatic carbocycles. The van der Waals surface area contributed by atoms with Crippen molar-refractivity contribution in [2.24, 2.45) is 7.05 Å². The van der Waals surface area contributed by atoms with Gasteiger partial charge in [0.05, 0.1) is 21.8 Å². The highest BCUT2D eigenvalue weighted by Gasteiger charge is 2.38. The highest BCUT2D eigenvalue weighted by molar-refractivity contribution is 8.27. The molecule has 2 saturated heterocycles. The topological polar surface area (TPSA) is 107 Å². The van der Waals surface area contributed by atoms with Crippen molar-refractivity contribution in [2.45, 2.75) is 20.4 Å². The highest BCUT2D eigenvalue weighted by atomic mass is 32.2. The van der Waals surface area contributed by atoms with E-state index in [0.29, 0.717) is 41.5 Å². The van der Waals surface area contributed by atoms with E-state index in [1.54, 1.807) is 37.0 Å². The van der Waals surface area contributed by atoms with Crippen LogP contribution in [0.2, 0.25) is 0 Å². The smallest absolute Gasteiger partial charge is 0.296 e. The molecule has 12 nitrogen and oxygen atoms in total. The predicted octanol–water partition coefficient (Wildman–Crippen LogP) is 4.26. The summed E-state index contributed by atoms with van der Waals surface area (Å²) in [6.07, 6.45) is 3.28. The number of ether oxygens (including phenoxy) is 2. The zero-order chi connectivity index (χ0) is 34.7. The highest BCUT2D eigenvalue weighted by Crippen LogP contribution is 2.37. The van der Waals surface area contributed by atoms with Crippen molar-refractivity contribution in [1.29, 1.82) is 0 Å². The molecule has 0 saturated carbocycles. The summed E-state index contributed by atoms with van der Waals surface area (Å²) in [6.45, 7) is 7.43. The van der Waals surface area contributed by atoms with E-state index < -0.39 is 5.91 Å². The fraction of sp³-hybridized carbons (Fsp3) is 0.250. The first-order valence-electron chi connectivity index (χ1n) is 16.2. The molecule has 8 rings (SSSR count). The lowest BCUT2D eigenvalue weighted by atomic mass is 10.1. The Hall–Kier alpha value is -5.18. The van der Waals surface area contributed by atoms with Crippen LogP contribution in [0.15, 0.2) is 81.4 Å². The molecule has 50 heavy (non-hydrogen) atoms. The number of aromatic nitrogens is 4. The summed E-state index contributed by atoms with van der Waals surface area (Å²) in [5, 5.41) is 0. The van der Waals surface area contributed by atoms with E-state index in [9.17, 15) is 14.4 Å². The molecule has 1 amide bonds. The summed E-state index contributed by atoms with van der Waals surface area (Å²) in [5.74, 6) is 1.57. The minimum absolute atomic E-state index is 0.185. The van der Waals surface area contributed by atoms with E-state index in [2.05, 4.69) is 15.9 Å². The third-order valence-electron chi connectivity index (χ3n) is 9.40. The summed E-state index contributed by atoms with van der Waals surface area (Å²) in [7, 11) is 1.77. The SMILES string of the molecule is Cc1cccn2c(=O)c(C=C3SC(=S)N(c4c(C)n(C)n(-c5ccccc5)c4=O)C3=O)c(N3CCN(Cc4ccc5c(c4)OCO5)CC3)nc12. The maximum absolute atomic E-state index is 14.2. The Morgan fingerprint density at radius 3 is 2.46 bits per heavy atom. The molecular weight excluding hydrogens is 675 g/mol. The molecule has 0 radical (unpaired) electrons. The molecule has 0 unspecified atom stereocenters. The van der Waals surface area contributed by atoms with Gasteiger partial charge in [-0.05, 0) is 61.4 Å². The fourth-order valence-electron chi connectivity index (χ4n) is 6.69. The monoisotopic (exact) mass is 707 g/mol. The minimum Gasteiger partial charge on any atom is -0.454 e. The largest absolute Gasteiger partial charge is 0.454 e. The number of aryl methyl sites for hydroxylation is 1. The normalized spacial score (nSPS) is 17.1. The van der Waals surface area contributed by atoms with Crippen molar-refractivity contribution < 1.29 is 14.3 Å². The van der Waals surface area contributed by atoms with Crippen molar-refractivity contribution in [1.82, 2.24) is 23.6 Å². The third kappa shape index (κ3) is 5.39. The van der Waals surface area contributed by atoms with Crippen molar-refractivity contribution in [3.05, 3.63) is 115 Å². The molecule has 254 valence electrons. The number of fused-ring (bicyclic) bond motifs is 2. The van der Waals surface area contributed by atoms with Gasteiger partial charge < -0.3 is 14.4 Å². The first kappa shape index (κ1) is 32.0. The molecule has 14 heteroatoms. The second kappa shape index (κ2) is 12.6. The first-order chi connectivity index (χ1) is 24.2. The van der Waals surface area contributed by atoms with Crippen LogP contribution in [0.1, 0.15) is 22.4 Å². The Morgan fingerprint density at radius 1 is 0.920 bits per heavy atom. The zero-order valence-electron chi connectivity index (χ0n) is 27.7. The van der Waals surface area contributed by atoms with Gasteiger partial charge in [0, 0.05) is 46.0 Å². The maximum atomic E-state index is 14.2. The minimum atomic E-state index is -0.459. The number of benzene rings is 2. The van der Waals surface area contributed by atoms with Gasteiger partial charge in [-0.2, -0.15) is 0 Å². The molecule has 5 aromatic rings. The van der Waals surface area contributed by atoms with Gasteiger partial charge >= 0.3 is 0 Å². The van der Waals surface area contributed by atoms with Crippen LogP contribution in [0.25, 0.3) is 17.4 Å². The number of anilines is 2. The molecule has 2 fully saturated rings. The van der Waals surface area contributed by atoms with Crippen molar-refractivity contribution in [3.63, 3.8) is 0 Å². The lowest BCUT2D eigenvalue weighted by Crippen LogP contribution is -2.47. The predicted molar refractivity (Wildman–Crippen MR) is 198 cm³/mol. The molecule has 6 heterocycles. The molecule has 3 aliphatic rings. The van der Waals surface area contributed by atoms with E-state index in [4.69, 9.17) is 26.7 Å². The molecule has 0 aliphatic carbocycles. The number of carbonyl (C=O) groups excluding carboxylic acids is 1. The number of thioether (sulfide) groups is 1. The van der Waals surface area contributed by atoms with Gasteiger partial charge in [-0.15, -0.1) is 0 Å². The van der Waals surface area contributed by atoms with Crippen molar-refractivity contribution >= 4 is 57.4 Å². The van der Waals surface area contributed by atoms with E-state index in [1.165, 1.54) is 14.0 Å². The molecule has 0 bridgehead atoms. The van der Waals surface area contributed by atoms with Crippen LogP contribution in [0.5, 0.6) is 11.5 Å². The third-order valence-corrected chi connectivity index (χ3v) is 10.7. The second-order valence-corrected chi connectivity index (χ2v) is 14.1. The molecule has 0 spiro atoms. The number of pyridine rings is 1. The van der Waals surface area contributed by atoms with Gasteiger partial charge in [0.15, 0.2) is 15.8 Å². The Bertz CT molecular complexity index is 2360. The first-order valence-corrected chi connectivity index (χ1v) is 17.4. The average molecular weight is 708 g/mol. The number of piperazine rings is 1. The van der Waals surface area contributed by atoms with Crippen LogP contribution in [-0.2, 0) is 18.4 Å². The van der Waals surface area contributed by atoms with E-state index >= 15 is 0 Å². The maximum Gasteiger partial charge on any atom is 0.296 e. The van der Waals surface area contributed by atoms with Crippen LogP contribution >= 0.6 is 24.0 Å². The number of nitrogens with zero attached hydrogens (tertiary/aromatic N) is 7. The summed E-state index contributed by atoms with van der Waals surface area (Å²) in [6, 6.07) is 19.0. The van der Waals surface area contributed by atoms with Gasteiger partial charge in [0.2, 0.25) is 6.79 Å². The van der Waals surface area contributed by atoms with Crippen LogP contribution in [0.3, 0.4) is 0 Å². The van der Waals surface area contributed by atoms with E-state index in [1.807, 2.05) is 55.5 Å². The lowest BCUT2D eigenvalue weighted by molar-refractivity contribution is -0.113. The molecule has 0 atom stereocenters. The lowest BCUT2D eigenvalue weighted by Gasteiger charge is -2.36. The molecule has 3 aromatic heterocycles. The van der Waals surface area contributed by atoms with Gasteiger partial charge in [-0.25, -0.2) is 9.67 Å². The number of thiocarbonyl (C=S) groups is 1. The molecular formula is C36H33N7O5S2. The summed E-state index contributed by atoms with van der Waals surface area (Å²) in [4.78, 5) is 53.1. The van der Waals surface area contributed by atoms with Crippen LogP contribution in [-0.4, -0.2) is 66.8 Å². The standard InChI is InChI=1S/C36H33N7O5S2/c1-22-8-7-13-41-31(22)37-32(40-16-14-39(15-17-40)20-24-11-12-27-28(18-24)48-21-47-27)26(33(41)44)19-29-34(45)42(36(49)50-29)30-23(2)38(3)43(35(30)46)25-9-5-4-6-10-25/h4-13,18-19H,14-17,20-21H2,1-3H3. The zero-order valence-corrected chi connectivity index (χ0v) is 29.3. The quantitative estimate of drug-likeness (QED) is 0.188. The Morgan fingerprint density at radius 2 is 1.68 bits per heavy atom. The fourth-order valence-corrected chi connectivity index (χ4v) is 7.94. The Labute approximate surface area is 296 Å². The number of carbonyl (C=O) groups is 1. The van der Waals surface area contributed by atoms with Crippen molar-refractivity contribution in [2.75, 3.05) is 42.8 Å². The van der Waals surface area contributed by atoms with Gasteiger partial charge in [0.1, 0.15) is 17.2 Å². The summed E-state index contributed by atoms with van der Waals surface area (Å²) < 4.78 is 16.0. The van der Waals surface area contributed by atoms with E-state index in [0.717, 1.165) is 54.0 Å². The Kier molecular flexibility index (Phi) is 8.08. The average Bonchev–Trinajstić information content (AvgIpc) is 3.76. The Balaban J connectivity index is 1.12. The van der Waals surface area contributed by atoms with E-state index in [-0.39, 0.29) is 32.8 Å². The van der Waals surface area contributed by atoms with Gasteiger partial charge in [-0.3, -0.25) is 33.3 Å². The second-order valence-electron chi connectivity index (χ2n) is 12.4. The number of amides is 1.